The standard InChI is InChI=1S/C14H18ClN3O/c1-9-12(10(2)18(3)17-9)8-16-11-5-6-14(19-4)13(15)7-11/h5-7,16H,8H2,1-4H3. The highest BCUT2D eigenvalue weighted by molar-refractivity contribution is 6.32. The lowest BCUT2D eigenvalue weighted by Crippen LogP contribution is -2.02. The van der Waals surface area contributed by atoms with Crippen molar-refractivity contribution in [2.24, 2.45) is 7.05 Å². The normalized spacial score (nSPS) is 10.6. The van der Waals surface area contributed by atoms with E-state index in [4.69, 9.17) is 16.3 Å². The van der Waals surface area contributed by atoms with Gasteiger partial charge in [-0.15, -0.1) is 0 Å². The van der Waals surface area contributed by atoms with Gasteiger partial charge in [0.05, 0.1) is 17.8 Å². The summed E-state index contributed by atoms with van der Waals surface area (Å²) in [5.41, 5.74) is 4.40. The van der Waals surface area contributed by atoms with E-state index < -0.39 is 0 Å². The van der Waals surface area contributed by atoms with Crippen LogP contribution in [0.25, 0.3) is 0 Å². The maximum Gasteiger partial charge on any atom is 0.137 e. The van der Waals surface area contributed by atoms with Crippen LogP contribution in [0.15, 0.2) is 18.2 Å². The van der Waals surface area contributed by atoms with Gasteiger partial charge in [0.25, 0.3) is 0 Å². The van der Waals surface area contributed by atoms with Gasteiger partial charge in [-0.1, -0.05) is 11.6 Å². The molecule has 4 nitrogen and oxygen atoms in total. The first-order valence-electron chi connectivity index (χ1n) is 6.09. The minimum absolute atomic E-state index is 0.604. The van der Waals surface area contributed by atoms with Crippen LogP contribution in [0.2, 0.25) is 5.02 Å². The second kappa shape index (κ2) is 5.53. The molecule has 0 aliphatic heterocycles. The van der Waals surface area contributed by atoms with Gasteiger partial charge in [-0.05, 0) is 32.0 Å². The van der Waals surface area contributed by atoms with Gasteiger partial charge in [-0.2, -0.15) is 5.10 Å². The Morgan fingerprint density at radius 1 is 1.37 bits per heavy atom. The molecular weight excluding hydrogens is 262 g/mol. The summed E-state index contributed by atoms with van der Waals surface area (Å²) in [7, 11) is 3.56. The summed E-state index contributed by atoms with van der Waals surface area (Å²) < 4.78 is 7.03. The summed E-state index contributed by atoms with van der Waals surface area (Å²) >= 11 is 6.10. The fraction of sp³-hybridized carbons (Fsp3) is 0.357. The van der Waals surface area contributed by atoms with E-state index in [9.17, 15) is 0 Å². The zero-order chi connectivity index (χ0) is 14.0. The molecular formula is C14H18ClN3O. The number of methoxy groups -OCH3 is 1. The Balaban J connectivity index is 2.12. The quantitative estimate of drug-likeness (QED) is 0.933. The Bertz CT molecular complexity index is 593. The molecule has 1 heterocycles. The van der Waals surface area contributed by atoms with E-state index in [0.29, 0.717) is 10.8 Å². The molecule has 0 saturated heterocycles. The van der Waals surface area contributed by atoms with Gasteiger partial charge < -0.3 is 10.1 Å². The largest absolute Gasteiger partial charge is 0.495 e. The Kier molecular flexibility index (Phi) is 4.00. The second-order valence-corrected chi connectivity index (χ2v) is 4.88. The maximum absolute atomic E-state index is 6.10. The number of hydrogen-bond acceptors (Lipinski definition) is 3. The van der Waals surface area contributed by atoms with E-state index in [-0.39, 0.29) is 0 Å². The van der Waals surface area contributed by atoms with Crippen LogP contribution in [0.1, 0.15) is 17.0 Å². The van der Waals surface area contributed by atoms with Crippen LogP contribution >= 0.6 is 11.6 Å². The number of rotatable bonds is 4. The van der Waals surface area contributed by atoms with Crippen LogP contribution in [0.5, 0.6) is 5.75 Å². The van der Waals surface area contributed by atoms with E-state index in [0.717, 1.165) is 17.9 Å². The number of hydrogen-bond donors (Lipinski definition) is 1. The van der Waals surface area contributed by atoms with Crippen molar-refractivity contribution < 1.29 is 4.74 Å². The number of ether oxygens (including phenoxy) is 1. The summed E-state index contributed by atoms with van der Waals surface area (Å²) in [6, 6.07) is 5.67. The minimum Gasteiger partial charge on any atom is -0.495 e. The maximum atomic E-state index is 6.10. The third-order valence-electron chi connectivity index (χ3n) is 3.28. The number of aromatic nitrogens is 2. The van der Waals surface area contributed by atoms with Crippen molar-refractivity contribution in [2.45, 2.75) is 20.4 Å². The molecule has 19 heavy (non-hydrogen) atoms. The van der Waals surface area contributed by atoms with Crippen LogP contribution < -0.4 is 10.1 Å². The summed E-state index contributed by atoms with van der Waals surface area (Å²) in [5.74, 6) is 0.681. The molecule has 0 bridgehead atoms. The van der Waals surface area contributed by atoms with Crippen molar-refractivity contribution in [3.05, 3.63) is 40.2 Å². The van der Waals surface area contributed by atoms with E-state index >= 15 is 0 Å². The van der Waals surface area contributed by atoms with Gasteiger partial charge in [0.1, 0.15) is 5.75 Å². The van der Waals surface area contributed by atoms with Gasteiger partial charge in [-0.25, -0.2) is 0 Å². The summed E-state index contributed by atoms with van der Waals surface area (Å²) in [4.78, 5) is 0. The molecule has 0 unspecified atom stereocenters. The molecule has 102 valence electrons. The van der Waals surface area contributed by atoms with Crippen molar-refractivity contribution in [3.63, 3.8) is 0 Å². The van der Waals surface area contributed by atoms with Crippen molar-refractivity contribution >= 4 is 17.3 Å². The third-order valence-corrected chi connectivity index (χ3v) is 3.58. The summed E-state index contributed by atoms with van der Waals surface area (Å²) in [5, 5.41) is 8.36. The van der Waals surface area contributed by atoms with E-state index in [1.807, 2.05) is 36.9 Å². The lowest BCUT2D eigenvalue weighted by atomic mass is 10.2. The van der Waals surface area contributed by atoms with Crippen molar-refractivity contribution in [2.75, 3.05) is 12.4 Å². The molecule has 1 aromatic heterocycles. The lowest BCUT2D eigenvalue weighted by Gasteiger charge is -2.09. The Hall–Kier alpha value is -1.68. The van der Waals surface area contributed by atoms with Crippen LogP contribution in [0, 0.1) is 13.8 Å². The van der Waals surface area contributed by atoms with E-state index in [1.165, 1.54) is 11.3 Å². The van der Waals surface area contributed by atoms with Gasteiger partial charge in [0.2, 0.25) is 0 Å². The molecule has 0 amide bonds. The molecule has 0 fully saturated rings. The SMILES string of the molecule is COc1ccc(NCc2c(C)nn(C)c2C)cc1Cl. The highest BCUT2D eigenvalue weighted by Crippen LogP contribution is 2.27. The van der Waals surface area contributed by atoms with Crippen LogP contribution in [-0.4, -0.2) is 16.9 Å². The third kappa shape index (κ3) is 2.84. The number of benzene rings is 1. The molecule has 5 heteroatoms. The van der Waals surface area contributed by atoms with E-state index in [1.54, 1.807) is 7.11 Å². The van der Waals surface area contributed by atoms with E-state index in [2.05, 4.69) is 17.3 Å². The zero-order valence-electron chi connectivity index (χ0n) is 11.6. The molecule has 2 aromatic rings. The van der Waals surface area contributed by atoms with Crippen molar-refractivity contribution in [1.82, 2.24) is 9.78 Å². The van der Waals surface area contributed by atoms with Gasteiger partial charge in [0, 0.05) is 30.5 Å². The van der Waals surface area contributed by atoms with Crippen LogP contribution in [0.4, 0.5) is 5.69 Å². The Morgan fingerprint density at radius 3 is 2.63 bits per heavy atom. The summed E-state index contributed by atoms with van der Waals surface area (Å²) in [6.07, 6.45) is 0. The average Bonchev–Trinajstić information content (AvgIpc) is 2.61. The monoisotopic (exact) mass is 279 g/mol. The number of nitrogens with one attached hydrogen (secondary N) is 1. The average molecular weight is 280 g/mol. The molecule has 0 radical (unpaired) electrons. The fourth-order valence-electron chi connectivity index (χ4n) is 2.04. The molecule has 2 rings (SSSR count). The molecule has 0 spiro atoms. The van der Waals surface area contributed by atoms with Crippen LogP contribution in [0.3, 0.4) is 0 Å². The molecule has 0 aliphatic rings. The van der Waals surface area contributed by atoms with Crippen molar-refractivity contribution in [1.29, 1.82) is 0 Å². The topological polar surface area (TPSA) is 39.1 Å². The number of nitrogens with zero attached hydrogens (tertiary/aromatic N) is 2. The van der Waals surface area contributed by atoms with Crippen LogP contribution in [-0.2, 0) is 13.6 Å². The Labute approximate surface area is 118 Å². The first-order valence-corrected chi connectivity index (χ1v) is 6.47. The first-order chi connectivity index (χ1) is 9.02. The second-order valence-electron chi connectivity index (χ2n) is 4.48. The van der Waals surface area contributed by atoms with Crippen molar-refractivity contribution in [3.8, 4) is 5.75 Å². The zero-order valence-corrected chi connectivity index (χ0v) is 12.4. The van der Waals surface area contributed by atoms with Gasteiger partial charge in [0.15, 0.2) is 0 Å². The number of anilines is 1. The molecule has 0 aliphatic carbocycles. The fourth-order valence-corrected chi connectivity index (χ4v) is 2.30. The predicted octanol–water partition coefficient (Wildman–Crippen LogP) is 3.31. The summed E-state index contributed by atoms with van der Waals surface area (Å²) in [6.45, 7) is 4.82. The number of aryl methyl sites for hydroxylation is 2. The minimum atomic E-state index is 0.604. The lowest BCUT2D eigenvalue weighted by molar-refractivity contribution is 0.415. The first kappa shape index (κ1) is 13.7. The van der Waals surface area contributed by atoms with Gasteiger partial charge >= 0.3 is 0 Å². The molecule has 1 aromatic carbocycles. The highest BCUT2D eigenvalue weighted by Gasteiger charge is 2.09. The molecule has 1 N–H and O–H groups in total. The predicted molar refractivity (Wildman–Crippen MR) is 78.0 cm³/mol. The van der Waals surface area contributed by atoms with Gasteiger partial charge in [-0.3, -0.25) is 4.68 Å². The Morgan fingerprint density at radius 2 is 2.11 bits per heavy atom. The molecule has 0 saturated carbocycles. The number of halogens is 1. The molecule has 0 atom stereocenters. The smallest absolute Gasteiger partial charge is 0.137 e. The highest BCUT2D eigenvalue weighted by atomic mass is 35.5.